The quantitative estimate of drug-likeness (QED) is 0.786. The minimum Gasteiger partial charge on any atom is -0.491 e. The van der Waals surface area contributed by atoms with E-state index in [2.05, 4.69) is 0 Å². The molecule has 0 heterocycles. The van der Waals surface area contributed by atoms with Gasteiger partial charge in [-0.2, -0.15) is 0 Å². The first kappa shape index (κ1) is 17.3. The van der Waals surface area contributed by atoms with E-state index < -0.39 is 12.2 Å². The van der Waals surface area contributed by atoms with Gasteiger partial charge >= 0.3 is 0 Å². The van der Waals surface area contributed by atoms with Crippen molar-refractivity contribution in [2.75, 3.05) is 13.2 Å². The van der Waals surface area contributed by atoms with Crippen LogP contribution in [-0.4, -0.2) is 35.6 Å². The van der Waals surface area contributed by atoms with Crippen molar-refractivity contribution in [2.24, 2.45) is 0 Å². The van der Waals surface area contributed by atoms with Crippen molar-refractivity contribution in [3.05, 3.63) is 59.7 Å². The maximum Gasteiger partial charge on any atom is 0.119 e. The van der Waals surface area contributed by atoms with Gasteiger partial charge in [0, 0.05) is 0 Å². The molecule has 2 atom stereocenters. The summed E-state index contributed by atoms with van der Waals surface area (Å²) >= 11 is 0. The Morgan fingerprint density at radius 3 is 1.35 bits per heavy atom. The zero-order valence-corrected chi connectivity index (χ0v) is 13.6. The predicted molar refractivity (Wildman–Crippen MR) is 90.0 cm³/mol. The van der Waals surface area contributed by atoms with Crippen molar-refractivity contribution in [3.63, 3.8) is 0 Å². The van der Waals surface area contributed by atoms with Gasteiger partial charge in [0.15, 0.2) is 0 Å². The van der Waals surface area contributed by atoms with E-state index in [1.165, 1.54) is 11.1 Å². The van der Waals surface area contributed by atoms with Gasteiger partial charge in [0.1, 0.15) is 24.7 Å². The van der Waals surface area contributed by atoms with E-state index in [0.29, 0.717) is 13.2 Å². The van der Waals surface area contributed by atoms with Crippen molar-refractivity contribution < 1.29 is 19.7 Å². The van der Waals surface area contributed by atoms with Crippen molar-refractivity contribution >= 4 is 0 Å². The van der Waals surface area contributed by atoms with Crippen LogP contribution in [0.5, 0.6) is 11.5 Å². The highest BCUT2D eigenvalue weighted by atomic mass is 16.5. The molecule has 0 bridgehead atoms. The largest absolute Gasteiger partial charge is 0.491 e. The van der Waals surface area contributed by atoms with Gasteiger partial charge in [0.25, 0.3) is 0 Å². The Labute approximate surface area is 137 Å². The molecule has 0 saturated heterocycles. The number of aliphatic hydroxyl groups is 2. The Morgan fingerprint density at radius 2 is 1.04 bits per heavy atom. The molecule has 2 aromatic rings. The molecule has 0 aromatic heterocycles. The summed E-state index contributed by atoms with van der Waals surface area (Å²) in [6, 6.07) is 15.8. The van der Waals surface area contributed by atoms with E-state index in [1.54, 1.807) is 13.8 Å². The second-order valence-electron chi connectivity index (χ2n) is 5.78. The average molecular weight is 316 g/mol. The van der Waals surface area contributed by atoms with Crippen LogP contribution in [0.2, 0.25) is 0 Å². The third kappa shape index (κ3) is 6.30. The average Bonchev–Trinajstić information content (AvgIpc) is 2.53. The fourth-order valence-electron chi connectivity index (χ4n) is 2.08. The van der Waals surface area contributed by atoms with E-state index in [-0.39, 0.29) is 0 Å². The summed E-state index contributed by atoms with van der Waals surface area (Å²) in [5, 5.41) is 18.4. The Balaban J connectivity index is 1.88. The van der Waals surface area contributed by atoms with Crippen LogP contribution in [0, 0.1) is 0 Å². The van der Waals surface area contributed by atoms with E-state index in [9.17, 15) is 10.2 Å². The standard InChI is InChI=1S/C19H24O4/c1-14(20)12-22-18-7-3-16(4-8-18)11-17-5-9-19(10-6-17)23-13-15(2)21/h3-10,14-15,20-21H,11-13H2,1-2H3/t14-,15-/m1/s1. The van der Waals surface area contributed by atoms with Crippen molar-refractivity contribution in [1.29, 1.82) is 0 Å². The van der Waals surface area contributed by atoms with E-state index in [0.717, 1.165) is 17.9 Å². The molecule has 4 heteroatoms. The minimum absolute atomic E-state index is 0.299. The maximum absolute atomic E-state index is 9.20. The van der Waals surface area contributed by atoms with E-state index in [4.69, 9.17) is 9.47 Å². The molecule has 23 heavy (non-hydrogen) atoms. The Kier molecular flexibility index (Phi) is 6.44. The van der Waals surface area contributed by atoms with Crippen LogP contribution in [0.25, 0.3) is 0 Å². The molecule has 2 rings (SSSR count). The van der Waals surface area contributed by atoms with Crippen LogP contribution in [0.3, 0.4) is 0 Å². The minimum atomic E-state index is -0.468. The number of hydrogen-bond donors (Lipinski definition) is 2. The van der Waals surface area contributed by atoms with Crippen molar-refractivity contribution in [1.82, 2.24) is 0 Å². The Hall–Kier alpha value is -2.04. The fraction of sp³-hybridized carbons (Fsp3) is 0.368. The summed E-state index contributed by atoms with van der Waals surface area (Å²) in [7, 11) is 0. The zero-order chi connectivity index (χ0) is 16.7. The molecule has 4 nitrogen and oxygen atoms in total. The van der Waals surface area contributed by atoms with Gasteiger partial charge < -0.3 is 19.7 Å². The van der Waals surface area contributed by atoms with Gasteiger partial charge in [-0.15, -0.1) is 0 Å². The lowest BCUT2D eigenvalue weighted by molar-refractivity contribution is 0.122. The molecule has 124 valence electrons. The van der Waals surface area contributed by atoms with E-state index >= 15 is 0 Å². The zero-order valence-electron chi connectivity index (χ0n) is 13.6. The van der Waals surface area contributed by atoms with Gasteiger partial charge in [0.05, 0.1) is 12.2 Å². The summed E-state index contributed by atoms with van der Waals surface area (Å²) in [6.45, 7) is 3.99. The molecule has 0 aliphatic heterocycles. The fourth-order valence-corrected chi connectivity index (χ4v) is 2.08. The second kappa shape index (κ2) is 8.56. The molecule has 0 fully saturated rings. The van der Waals surface area contributed by atoms with Crippen LogP contribution in [-0.2, 0) is 6.42 Å². The summed E-state index contributed by atoms with van der Waals surface area (Å²) in [4.78, 5) is 0. The SMILES string of the molecule is C[C@@H](O)COc1ccc(Cc2ccc(OC[C@@H](C)O)cc2)cc1. The van der Waals surface area contributed by atoms with Gasteiger partial charge in [0.2, 0.25) is 0 Å². The summed E-state index contributed by atoms with van der Waals surface area (Å²) in [5.74, 6) is 1.52. The van der Waals surface area contributed by atoms with Crippen LogP contribution >= 0.6 is 0 Å². The number of hydrogen-bond acceptors (Lipinski definition) is 4. The Bertz CT molecular complexity index is 520. The molecule has 0 radical (unpaired) electrons. The smallest absolute Gasteiger partial charge is 0.119 e. The van der Waals surface area contributed by atoms with Crippen LogP contribution < -0.4 is 9.47 Å². The highest BCUT2D eigenvalue weighted by molar-refractivity contribution is 5.34. The first-order valence-corrected chi connectivity index (χ1v) is 7.82. The molecular formula is C19H24O4. The third-order valence-electron chi connectivity index (χ3n) is 3.24. The number of aliphatic hydroxyl groups excluding tert-OH is 2. The molecule has 0 saturated carbocycles. The molecule has 2 aromatic carbocycles. The lowest BCUT2D eigenvalue weighted by Gasteiger charge is -2.10. The third-order valence-corrected chi connectivity index (χ3v) is 3.24. The summed E-state index contributed by atoms with van der Waals surface area (Å²) < 4.78 is 10.9. The number of rotatable bonds is 8. The van der Waals surface area contributed by atoms with E-state index in [1.807, 2.05) is 48.5 Å². The maximum atomic E-state index is 9.20. The first-order valence-electron chi connectivity index (χ1n) is 7.82. The highest BCUT2D eigenvalue weighted by Crippen LogP contribution is 2.18. The van der Waals surface area contributed by atoms with Gasteiger partial charge in [-0.3, -0.25) is 0 Å². The topological polar surface area (TPSA) is 58.9 Å². The lowest BCUT2D eigenvalue weighted by atomic mass is 10.0. The molecule has 0 amide bonds. The van der Waals surface area contributed by atoms with Crippen LogP contribution in [0.15, 0.2) is 48.5 Å². The number of benzene rings is 2. The normalized spacial score (nSPS) is 13.4. The summed E-state index contributed by atoms with van der Waals surface area (Å²) in [6.07, 6.45) is -0.110. The molecule has 2 N–H and O–H groups in total. The molecule has 0 spiro atoms. The van der Waals surface area contributed by atoms with Gasteiger partial charge in [-0.1, -0.05) is 24.3 Å². The van der Waals surface area contributed by atoms with Gasteiger partial charge in [-0.05, 0) is 55.7 Å². The first-order chi connectivity index (χ1) is 11.0. The number of ether oxygens (including phenoxy) is 2. The Morgan fingerprint density at radius 1 is 0.696 bits per heavy atom. The van der Waals surface area contributed by atoms with Crippen LogP contribution in [0.1, 0.15) is 25.0 Å². The monoisotopic (exact) mass is 316 g/mol. The van der Waals surface area contributed by atoms with Gasteiger partial charge in [-0.25, -0.2) is 0 Å². The second-order valence-corrected chi connectivity index (χ2v) is 5.78. The highest BCUT2D eigenvalue weighted by Gasteiger charge is 2.02. The molecule has 0 aliphatic carbocycles. The molecule has 0 unspecified atom stereocenters. The lowest BCUT2D eigenvalue weighted by Crippen LogP contribution is -2.12. The molecular weight excluding hydrogens is 292 g/mol. The predicted octanol–water partition coefficient (Wildman–Crippen LogP) is 2.80. The van der Waals surface area contributed by atoms with Crippen molar-refractivity contribution in [3.8, 4) is 11.5 Å². The summed E-state index contributed by atoms with van der Waals surface area (Å²) in [5.41, 5.74) is 2.37. The molecule has 0 aliphatic rings. The van der Waals surface area contributed by atoms with Crippen molar-refractivity contribution in [2.45, 2.75) is 32.5 Å². The van der Waals surface area contributed by atoms with Crippen LogP contribution in [0.4, 0.5) is 0 Å².